The number of hydrogen-bond acceptors (Lipinski definition) is 2. The molecule has 1 aliphatic rings. The molecule has 1 unspecified atom stereocenters. The van der Waals surface area contributed by atoms with Gasteiger partial charge in [0.05, 0.1) is 6.04 Å². The fraction of sp³-hybridized carbons (Fsp3) is 0.316. The van der Waals surface area contributed by atoms with E-state index in [2.05, 4.69) is 29.6 Å². The summed E-state index contributed by atoms with van der Waals surface area (Å²) >= 11 is 0. The van der Waals surface area contributed by atoms with E-state index < -0.39 is 6.04 Å². The largest absolute Gasteiger partial charge is 0.352 e. The van der Waals surface area contributed by atoms with Gasteiger partial charge in [0.2, 0.25) is 5.91 Å². The maximum Gasteiger partial charge on any atom is 0.237 e. The van der Waals surface area contributed by atoms with Gasteiger partial charge in [0, 0.05) is 6.04 Å². The van der Waals surface area contributed by atoms with Gasteiger partial charge >= 0.3 is 0 Å². The normalized spacial score (nSPS) is 17.5. The summed E-state index contributed by atoms with van der Waals surface area (Å²) in [5.74, 6) is -0.0479. The molecule has 1 aliphatic carbocycles. The third-order valence-electron chi connectivity index (χ3n) is 4.33. The molecule has 0 spiro atoms. The Bertz CT molecular complexity index is 645. The van der Waals surface area contributed by atoms with E-state index in [0.29, 0.717) is 6.42 Å². The topological polar surface area (TPSA) is 55.1 Å². The summed E-state index contributed by atoms with van der Waals surface area (Å²) in [6, 6.07) is 18.1. The van der Waals surface area contributed by atoms with E-state index in [-0.39, 0.29) is 24.4 Å². The zero-order valence-corrected chi connectivity index (χ0v) is 13.9. The molecular weight excluding hydrogens is 308 g/mol. The second-order valence-electron chi connectivity index (χ2n) is 6.01. The van der Waals surface area contributed by atoms with Crippen LogP contribution in [0.15, 0.2) is 54.6 Å². The van der Waals surface area contributed by atoms with Gasteiger partial charge in [-0.1, -0.05) is 54.6 Å². The number of rotatable bonds is 4. The van der Waals surface area contributed by atoms with Crippen molar-refractivity contribution in [1.82, 2.24) is 5.32 Å². The molecule has 0 saturated heterocycles. The lowest BCUT2D eigenvalue weighted by Crippen LogP contribution is -2.48. The van der Waals surface area contributed by atoms with Gasteiger partial charge in [-0.25, -0.2) is 0 Å². The van der Waals surface area contributed by atoms with Crippen LogP contribution in [-0.2, 0) is 24.1 Å². The predicted octanol–water partition coefficient (Wildman–Crippen LogP) is 2.65. The van der Waals surface area contributed by atoms with Crippen LogP contribution in [0.2, 0.25) is 0 Å². The highest BCUT2D eigenvalue weighted by Gasteiger charge is 2.22. The van der Waals surface area contributed by atoms with Crippen molar-refractivity contribution >= 4 is 18.3 Å². The molecule has 0 fully saturated rings. The molecule has 0 radical (unpaired) electrons. The third kappa shape index (κ3) is 4.57. The average Bonchev–Trinajstić information content (AvgIpc) is 2.55. The Hall–Kier alpha value is -1.84. The van der Waals surface area contributed by atoms with Gasteiger partial charge in [0.25, 0.3) is 0 Å². The lowest BCUT2D eigenvalue weighted by atomic mass is 9.88. The summed E-state index contributed by atoms with van der Waals surface area (Å²) in [5, 5.41) is 3.12. The van der Waals surface area contributed by atoms with Crippen LogP contribution in [0.25, 0.3) is 0 Å². The Balaban J connectivity index is 0.00000192. The van der Waals surface area contributed by atoms with Crippen LogP contribution in [0.4, 0.5) is 0 Å². The highest BCUT2D eigenvalue weighted by atomic mass is 35.5. The van der Waals surface area contributed by atoms with Crippen LogP contribution in [0.3, 0.4) is 0 Å². The fourth-order valence-electron chi connectivity index (χ4n) is 3.09. The molecule has 0 saturated carbocycles. The van der Waals surface area contributed by atoms with Crippen LogP contribution in [0.5, 0.6) is 0 Å². The van der Waals surface area contributed by atoms with Crippen LogP contribution in [-0.4, -0.2) is 18.0 Å². The molecule has 0 aliphatic heterocycles. The summed E-state index contributed by atoms with van der Waals surface area (Å²) in [7, 11) is 0. The van der Waals surface area contributed by atoms with E-state index in [1.54, 1.807) is 0 Å². The summed E-state index contributed by atoms with van der Waals surface area (Å²) in [5.41, 5.74) is 9.89. The summed E-state index contributed by atoms with van der Waals surface area (Å²) < 4.78 is 0. The molecule has 0 bridgehead atoms. The Kier molecular flexibility index (Phi) is 6.20. The molecule has 3 rings (SSSR count). The van der Waals surface area contributed by atoms with Gasteiger partial charge in [-0.3, -0.25) is 4.79 Å². The number of carbonyl (C=O) groups is 1. The van der Waals surface area contributed by atoms with Crippen molar-refractivity contribution in [2.45, 2.75) is 37.8 Å². The highest BCUT2D eigenvalue weighted by Crippen LogP contribution is 2.21. The van der Waals surface area contributed by atoms with Crippen LogP contribution in [0.1, 0.15) is 23.1 Å². The number of halogens is 1. The van der Waals surface area contributed by atoms with E-state index in [1.165, 1.54) is 11.1 Å². The minimum absolute atomic E-state index is 0. The molecule has 3 nitrogen and oxygen atoms in total. The van der Waals surface area contributed by atoms with Gasteiger partial charge in [0.1, 0.15) is 0 Å². The number of amides is 1. The number of nitrogens with one attached hydrogen (secondary N) is 1. The molecule has 23 heavy (non-hydrogen) atoms. The quantitative estimate of drug-likeness (QED) is 0.905. The molecule has 0 heterocycles. The van der Waals surface area contributed by atoms with Gasteiger partial charge in [-0.05, 0) is 42.4 Å². The lowest BCUT2D eigenvalue weighted by molar-refractivity contribution is -0.123. The predicted molar refractivity (Wildman–Crippen MR) is 95.8 cm³/mol. The van der Waals surface area contributed by atoms with Crippen molar-refractivity contribution < 1.29 is 4.79 Å². The molecule has 3 N–H and O–H groups in total. The highest BCUT2D eigenvalue weighted by molar-refractivity contribution is 5.85. The monoisotopic (exact) mass is 330 g/mol. The summed E-state index contributed by atoms with van der Waals surface area (Å²) in [6.45, 7) is 0. The summed E-state index contributed by atoms with van der Waals surface area (Å²) in [6.07, 6.45) is 3.49. The molecule has 2 aromatic rings. The van der Waals surface area contributed by atoms with E-state index in [1.807, 2.05) is 30.3 Å². The zero-order valence-electron chi connectivity index (χ0n) is 13.1. The van der Waals surface area contributed by atoms with Crippen molar-refractivity contribution in [3.63, 3.8) is 0 Å². The number of carbonyl (C=O) groups excluding carboxylic acids is 1. The maximum absolute atomic E-state index is 12.3. The van der Waals surface area contributed by atoms with E-state index in [4.69, 9.17) is 5.73 Å². The Morgan fingerprint density at radius 1 is 1.09 bits per heavy atom. The van der Waals surface area contributed by atoms with Gasteiger partial charge in [0.15, 0.2) is 0 Å². The second-order valence-corrected chi connectivity index (χ2v) is 6.01. The number of nitrogens with two attached hydrogens (primary N) is 1. The first-order chi connectivity index (χ1) is 10.7. The second kappa shape index (κ2) is 8.14. The Labute approximate surface area is 143 Å². The van der Waals surface area contributed by atoms with Crippen molar-refractivity contribution in [3.8, 4) is 0 Å². The number of aryl methyl sites for hydroxylation is 1. The minimum atomic E-state index is -0.487. The maximum atomic E-state index is 12.3. The first kappa shape index (κ1) is 17.5. The minimum Gasteiger partial charge on any atom is -0.352 e. The fourth-order valence-corrected chi connectivity index (χ4v) is 3.09. The van der Waals surface area contributed by atoms with Gasteiger partial charge < -0.3 is 11.1 Å². The summed E-state index contributed by atoms with van der Waals surface area (Å²) in [4.78, 5) is 12.3. The van der Waals surface area contributed by atoms with Gasteiger partial charge in [-0.2, -0.15) is 0 Å². The van der Waals surface area contributed by atoms with Crippen LogP contribution in [0, 0.1) is 0 Å². The van der Waals surface area contributed by atoms with Crippen molar-refractivity contribution in [1.29, 1.82) is 0 Å². The number of hydrogen-bond donors (Lipinski definition) is 2. The smallest absolute Gasteiger partial charge is 0.237 e. The lowest BCUT2D eigenvalue weighted by Gasteiger charge is -2.26. The first-order valence-corrected chi connectivity index (χ1v) is 7.89. The van der Waals surface area contributed by atoms with Crippen molar-refractivity contribution in [3.05, 3.63) is 71.3 Å². The van der Waals surface area contributed by atoms with E-state index in [9.17, 15) is 4.79 Å². The van der Waals surface area contributed by atoms with Crippen molar-refractivity contribution in [2.75, 3.05) is 0 Å². The van der Waals surface area contributed by atoms with Crippen molar-refractivity contribution in [2.24, 2.45) is 5.73 Å². The molecule has 1 amide bonds. The van der Waals surface area contributed by atoms with Crippen LogP contribution >= 0.6 is 12.4 Å². The molecule has 2 aromatic carbocycles. The standard InChI is InChI=1S/C19H22N2O.ClH/c20-18(12-14-6-2-1-3-7-14)19(22)21-17-11-10-15-8-4-5-9-16(15)13-17;/h1-9,17-18H,10-13,20H2,(H,21,22);1H/t17?,18-;/m0./s1. The molecule has 0 aromatic heterocycles. The van der Waals surface area contributed by atoms with Gasteiger partial charge in [-0.15, -0.1) is 12.4 Å². The zero-order chi connectivity index (χ0) is 15.4. The molecule has 2 atom stereocenters. The molecule has 4 heteroatoms. The average molecular weight is 331 g/mol. The number of fused-ring (bicyclic) bond motifs is 1. The molecule has 122 valence electrons. The Morgan fingerprint density at radius 2 is 1.74 bits per heavy atom. The van der Waals surface area contributed by atoms with Crippen LogP contribution < -0.4 is 11.1 Å². The SMILES string of the molecule is Cl.N[C@@H](Cc1ccccc1)C(=O)NC1CCc2ccccc2C1. The number of benzene rings is 2. The first-order valence-electron chi connectivity index (χ1n) is 7.89. The van der Waals surface area contributed by atoms with E-state index in [0.717, 1.165) is 24.8 Å². The van der Waals surface area contributed by atoms with E-state index >= 15 is 0 Å². The third-order valence-corrected chi connectivity index (χ3v) is 4.33. The Morgan fingerprint density at radius 3 is 2.48 bits per heavy atom. The molecular formula is C19H23ClN2O.